The minimum absolute atomic E-state index is 0.00156. The van der Waals surface area contributed by atoms with Gasteiger partial charge >= 0.3 is 5.97 Å². The summed E-state index contributed by atoms with van der Waals surface area (Å²) in [6.45, 7) is 3.79. The predicted molar refractivity (Wildman–Crippen MR) is 64.7 cm³/mol. The molecule has 0 saturated carbocycles. The first-order valence-corrected chi connectivity index (χ1v) is 5.66. The Labute approximate surface area is 100 Å². The normalized spacial score (nSPS) is 14.4. The smallest absolute Gasteiger partial charge is 0.320 e. The summed E-state index contributed by atoms with van der Waals surface area (Å²) in [6, 6.07) is 6.89. The highest BCUT2D eigenvalue weighted by atomic mass is 35.5. The molecule has 1 rings (SSSR count). The molecule has 16 heavy (non-hydrogen) atoms. The fourth-order valence-corrected chi connectivity index (χ4v) is 1.64. The van der Waals surface area contributed by atoms with Crippen LogP contribution in [0.3, 0.4) is 0 Å². The molecule has 0 bridgehead atoms. The number of carboxylic acids is 1. The maximum atomic E-state index is 10.9. The summed E-state index contributed by atoms with van der Waals surface area (Å²) >= 11 is 5.79. The summed E-state index contributed by atoms with van der Waals surface area (Å²) in [5.41, 5.74) is 1.03. The molecule has 0 saturated heterocycles. The van der Waals surface area contributed by atoms with Crippen LogP contribution in [-0.2, 0) is 4.79 Å². The lowest BCUT2D eigenvalue weighted by molar-refractivity contribution is -0.139. The molecule has 2 atom stereocenters. The number of carbonyl (C=O) groups is 1. The number of nitrogens with one attached hydrogen (secondary N) is 1. The van der Waals surface area contributed by atoms with Gasteiger partial charge in [0.25, 0.3) is 0 Å². The van der Waals surface area contributed by atoms with Gasteiger partial charge in [0, 0.05) is 11.1 Å². The van der Waals surface area contributed by atoms with E-state index in [2.05, 4.69) is 5.32 Å². The largest absolute Gasteiger partial charge is 0.480 e. The van der Waals surface area contributed by atoms with Gasteiger partial charge in [0.05, 0.1) is 0 Å². The van der Waals surface area contributed by atoms with Crippen molar-refractivity contribution in [3.05, 3.63) is 34.9 Å². The van der Waals surface area contributed by atoms with E-state index in [1.165, 1.54) is 0 Å². The zero-order valence-corrected chi connectivity index (χ0v) is 10.2. The molecule has 0 aliphatic heterocycles. The SMILES string of the molecule is CCC(NC(C)c1ccc(Cl)cc1)C(=O)O. The van der Waals surface area contributed by atoms with Crippen molar-refractivity contribution in [2.45, 2.75) is 32.4 Å². The highest BCUT2D eigenvalue weighted by Crippen LogP contribution is 2.16. The maximum Gasteiger partial charge on any atom is 0.320 e. The third kappa shape index (κ3) is 3.51. The first-order valence-electron chi connectivity index (χ1n) is 5.29. The van der Waals surface area contributed by atoms with E-state index in [0.717, 1.165) is 5.56 Å². The van der Waals surface area contributed by atoms with Crippen molar-refractivity contribution >= 4 is 17.6 Å². The lowest BCUT2D eigenvalue weighted by Gasteiger charge is -2.19. The second kappa shape index (κ2) is 5.87. The first-order chi connectivity index (χ1) is 7.54. The summed E-state index contributed by atoms with van der Waals surface area (Å²) in [5.74, 6) is -0.816. The van der Waals surface area contributed by atoms with Gasteiger partial charge in [-0.05, 0) is 31.0 Å². The van der Waals surface area contributed by atoms with Crippen LogP contribution >= 0.6 is 11.6 Å². The van der Waals surface area contributed by atoms with Crippen LogP contribution in [0.25, 0.3) is 0 Å². The lowest BCUT2D eigenvalue weighted by atomic mass is 10.1. The van der Waals surface area contributed by atoms with Crippen molar-refractivity contribution < 1.29 is 9.90 Å². The Morgan fingerprint density at radius 3 is 2.44 bits per heavy atom. The maximum absolute atomic E-state index is 10.9. The Hall–Kier alpha value is -1.06. The minimum atomic E-state index is -0.816. The lowest BCUT2D eigenvalue weighted by Crippen LogP contribution is -2.37. The second-order valence-corrected chi connectivity index (χ2v) is 4.18. The van der Waals surface area contributed by atoms with E-state index >= 15 is 0 Å². The monoisotopic (exact) mass is 241 g/mol. The Bertz CT molecular complexity index is 351. The summed E-state index contributed by atoms with van der Waals surface area (Å²) in [6.07, 6.45) is 0.563. The first kappa shape index (κ1) is 13.0. The van der Waals surface area contributed by atoms with Crippen LogP contribution in [0.1, 0.15) is 31.9 Å². The van der Waals surface area contributed by atoms with Gasteiger partial charge in [0.2, 0.25) is 0 Å². The van der Waals surface area contributed by atoms with Gasteiger partial charge in [0.15, 0.2) is 0 Å². The molecule has 1 aromatic rings. The van der Waals surface area contributed by atoms with Crippen molar-refractivity contribution in [2.24, 2.45) is 0 Å². The summed E-state index contributed by atoms with van der Waals surface area (Å²) in [7, 11) is 0. The molecular weight excluding hydrogens is 226 g/mol. The topological polar surface area (TPSA) is 49.3 Å². The number of halogens is 1. The molecule has 88 valence electrons. The molecule has 3 nitrogen and oxygen atoms in total. The number of hydrogen-bond acceptors (Lipinski definition) is 2. The van der Waals surface area contributed by atoms with Gasteiger partial charge in [-0.2, -0.15) is 0 Å². The highest BCUT2D eigenvalue weighted by Gasteiger charge is 2.17. The van der Waals surface area contributed by atoms with Gasteiger partial charge in [-0.15, -0.1) is 0 Å². The second-order valence-electron chi connectivity index (χ2n) is 3.74. The molecule has 1 aromatic carbocycles. The minimum Gasteiger partial charge on any atom is -0.480 e. The molecule has 0 heterocycles. The molecule has 0 aliphatic rings. The van der Waals surface area contributed by atoms with E-state index in [4.69, 9.17) is 16.7 Å². The fraction of sp³-hybridized carbons (Fsp3) is 0.417. The highest BCUT2D eigenvalue weighted by molar-refractivity contribution is 6.30. The summed E-state index contributed by atoms with van der Waals surface area (Å²) < 4.78 is 0. The average Bonchev–Trinajstić information content (AvgIpc) is 2.26. The van der Waals surface area contributed by atoms with Gasteiger partial charge in [-0.25, -0.2) is 0 Å². The zero-order chi connectivity index (χ0) is 12.1. The molecule has 0 aromatic heterocycles. The van der Waals surface area contributed by atoms with Crippen LogP contribution in [0.4, 0.5) is 0 Å². The van der Waals surface area contributed by atoms with Gasteiger partial charge in [-0.1, -0.05) is 30.7 Å². The van der Waals surface area contributed by atoms with E-state index < -0.39 is 12.0 Å². The quantitative estimate of drug-likeness (QED) is 0.834. The zero-order valence-electron chi connectivity index (χ0n) is 9.40. The van der Waals surface area contributed by atoms with E-state index in [0.29, 0.717) is 11.4 Å². The van der Waals surface area contributed by atoms with Crippen LogP contribution in [0.5, 0.6) is 0 Å². The van der Waals surface area contributed by atoms with Crippen LogP contribution in [0, 0.1) is 0 Å². The Morgan fingerprint density at radius 2 is 2.00 bits per heavy atom. The van der Waals surface area contributed by atoms with Crippen LogP contribution in [0.2, 0.25) is 5.02 Å². The van der Waals surface area contributed by atoms with Crippen LogP contribution < -0.4 is 5.32 Å². The van der Waals surface area contributed by atoms with Gasteiger partial charge in [-0.3, -0.25) is 10.1 Å². The Kier molecular flexibility index (Phi) is 4.77. The van der Waals surface area contributed by atoms with Crippen molar-refractivity contribution in [2.75, 3.05) is 0 Å². The molecule has 0 aliphatic carbocycles. The Balaban J connectivity index is 2.67. The van der Waals surface area contributed by atoms with Gasteiger partial charge in [0.1, 0.15) is 6.04 Å². The molecule has 0 spiro atoms. The average molecular weight is 242 g/mol. The molecule has 2 unspecified atom stereocenters. The van der Waals surface area contributed by atoms with Gasteiger partial charge < -0.3 is 5.11 Å². The van der Waals surface area contributed by atoms with Crippen LogP contribution in [-0.4, -0.2) is 17.1 Å². The van der Waals surface area contributed by atoms with E-state index in [1.807, 2.05) is 26.0 Å². The van der Waals surface area contributed by atoms with Crippen molar-refractivity contribution in [3.8, 4) is 0 Å². The standard InChI is InChI=1S/C12H16ClNO2/c1-3-11(12(15)16)14-8(2)9-4-6-10(13)7-5-9/h4-8,11,14H,3H2,1-2H3,(H,15,16). The molecule has 0 amide bonds. The fourth-order valence-electron chi connectivity index (χ4n) is 1.51. The van der Waals surface area contributed by atoms with Crippen LogP contribution in [0.15, 0.2) is 24.3 Å². The van der Waals surface area contributed by atoms with E-state index in [1.54, 1.807) is 12.1 Å². The molecule has 4 heteroatoms. The number of rotatable bonds is 5. The third-order valence-electron chi connectivity index (χ3n) is 2.53. The van der Waals surface area contributed by atoms with Crippen molar-refractivity contribution in [3.63, 3.8) is 0 Å². The number of hydrogen-bond donors (Lipinski definition) is 2. The molecular formula is C12H16ClNO2. The number of benzene rings is 1. The third-order valence-corrected chi connectivity index (χ3v) is 2.78. The van der Waals surface area contributed by atoms with E-state index in [-0.39, 0.29) is 6.04 Å². The summed E-state index contributed by atoms with van der Waals surface area (Å²) in [5, 5.41) is 12.7. The molecule has 0 radical (unpaired) electrons. The van der Waals surface area contributed by atoms with E-state index in [9.17, 15) is 4.79 Å². The van der Waals surface area contributed by atoms with Crippen molar-refractivity contribution in [1.29, 1.82) is 0 Å². The number of aliphatic carboxylic acids is 1. The number of carboxylic acid groups (broad SMARTS) is 1. The predicted octanol–water partition coefficient (Wildman–Crippen LogP) is 2.85. The molecule has 0 fully saturated rings. The Morgan fingerprint density at radius 1 is 1.44 bits per heavy atom. The van der Waals surface area contributed by atoms with Crippen molar-refractivity contribution in [1.82, 2.24) is 5.32 Å². The summed E-state index contributed by atoms with van der Waals surface area (Å²) in [4.78, 5) is 10.9. The molecule has 2 N–H and O–H groups in total.